The number of nitrogens with one attached hydrogen (secondary N) is 1. The van der Waals surface area contributed by atoms with Gasteiger partial charge in [0, 0.05) is 18.9 Å². The molecule has 0 bridgehead atoms. The molecule has 21 heavy (non-hydrogen) atoms. The Balaban J connectivity index is 1.71. The van der Waals surface area contributed by atoms with E-state index in [0.29, 0.717) is 18.8 Å². The standard InChI is InChI=1S/C13H16N4O3S/c18-21(19,13-8-15-10-16-13)17-7-1-2-12(9-17)20-11-3-5-14-6-4-11/h3-6,8,10,12H,1-2,7,9H2,(H,15,16). The normalized spacial score (nSPS) is 20.3. The van der Waals surface area contributed by atoms with Crippen LogP contribution in [0.25, 0.3) is 0 Å². The van der Waals surface area contributed by atoms with Gasteiger partial charge in [-0.2, -0.15) is 4.31 Å². The lowest BCUT2D eigenvalue weighted by Gasteiger charge is -2.31. The summed E-state index contributed by atoms with van der Waals surface area (Å²) >= 11 is 0. The van der Waals surface area contributed by atoms with Crippen LogP contribution in [-0.2, 0) is 10.0 Å². The van der Waals surface area contributed by atoms with Gasteiger partial charge in [-0.05, 0) is 25.0 Å². The van der Waals surface area contributed by atoms with Gasteiger partial charge in [0.15, 0.2) is 5.03 Å². The molecule has 8 heteroatoms. The minimum atomic E-state index is -3.52. The van der Waals surface area contributed by atoms with Crippen LogP contribution < -0.4 is 4.74 Å². The highest BCUT2D eigenvalue weighted by Gasteiger charge is 2.31. The van der Waals surface area contributed by atoms with E-state index in [0.717, 1.165) is 12.8 Å². The zero-order chi connectivity index (χ0) is 14.7. The van der Waals surface area contributed by atoms with E-state index < -0.39 is 10.0 Å². The van der Waals surface area contributed by atoms with E-state index in [9.17, 15) is 8.42 Å². The zero-order valence-electron chi connectivity index (χ0n) is 11.3. The number of H-pyrrole nitrogens is 1. The molecule has 1 aliphatic heterocycles. The smallest absolute Gasteiger partial charge is 0.260 e. The third kappa shape index (κ3) is 3.06. The Labute approximate surface area is 123 Å². The maximum atomic E-state index is 12.4. The second-order valence-corrected chi connectivity index (χ2v) is 6.75. The Morgan fingerprint density at radius 1 is 1.29 bits per heavy atom. The van der Waals surface area contributed by atoms with E-state index in [1.807, 2.05) is 0 Å². The highest BCUT2D eigenvalue weighted by Crippen LogP contribution is 2.22. The first-order valence-electron chi connectivity index (χ1n) is 6.71. The van der Waals surface area contributed by atoms with Crippen LogP contribution in [-0.4, -0.2) is 46.9 Å². The van der Waals surface area contributed by atoms with Crippen LogP contribution in [0.1, 0.15) is 12.8 Å². The predicted molar refractivity (Wildman–Crippen MR) is 75.2 cm³/mol. The summed E-state index contributed by atoms with van der Waals surface area (Å²) in [5.41, 5.74) is 0. The lowest BCUT2D eigenvalue weighted by Crippen LogP contribution is -2.44. The van der Waals surface area contributed by atoms with Crippen LogP contribution in [0.3, 0.4) is 0 Å². The molecule has 1 aliphatic rings. The van der Waals surface area contributed by atoms with Crippen molar-refractivity contribution >= 4 is 10.0 Å². The van der Waals surface area contributed by atoms with Crippen LogP contribution in [0.4, 0.5) is 0 Å². The van der Waals surface area contributed by atoms with E-state index in [2.05, 4.69) is 15.0 Å². The zero-order valence-corrected chi connectivity index (χ0v) is 12.2. The van der Waals surface area contributed by atoms with Gasteiger partial charge in [-0.3, -0.25) is 4.98 Å². The van der Waals surface area contributed by atoms with E-state index in [1.54, 1.807) is 24.5 Å². The van der Waals surface area contributed by atoms with Gasteiger partial charge in [0.1, 0.15) is 11.9 Å². The van der Waals surface area contributed by atoms with Crippen molar-refractivity contribution in [3.05, 3.63) is 37.1 Å². The quantitative estimate of drug-likeness (QED) is 0.911. The average molecular weight is 308 g/mol. The van der Waals surface area contributed by atoms with Crippen LogP contribution in [0, 0.1) is 0 Å². The molecule has 3 rings (SSSR count). The maximum absolute atomic E-state index is 12.4. The van der Waals surface area contributed by atoms with Crippen LogP contribution in [0.15, 0.2) is 42.1 Å². The molecule has 0 amide bonds. The first-order chi connectivity index (χ1) is 10.2. The van der Waals surface area contributed by atoms with Gasteiger partial charge >= 0.3 is 0 Å². The second-order valence-electron chi connectivity index (χ2n) is 4.84. The lowest BCUT2D eigenvalue weighted by atomic mass is 10.1. The van der Waals surface area contributed by atoms with Crippen molar-refractivity contribution in [2.45, 2.75) is 24.0 Å². The van der Waals surface area contributed by atoms with Crippen LogP contribution >= 0.6 is 0 Å². The molecule has 0 saturated carbocycles. The first kappa shape index (κ1) is 14.0. The monoisotopic (exact) mass is 308 g/mol. The van der Waals surface area contributed by atoms with Crippen molar-refractivity contribution in [3.63, 3.8) is 0 Å². The fraction of sp³-hybridized carbons (Fsp3) is 0.385. The molecule has 2 aromatic heterocycles. The van der Waals surface area contributed by atoms with E-state index >= 15 is 0 Å². The summed E-state index contributed by atoms with van der Waals surface area (Å²) in [6.45, 7) is 0.835. The molecule has 112 valence electrons. The molecule has 1 unspecified atom stereocenters. The largest absolute Gasteiger partial charge is 0.489 e. The van der Waals surface area contributed by atoms with Crippen molar-refractivity contribution in [1.82, 2.24) is 19.3 Å². The van der Waals surface area contributed by atoms with Crippen LogP contribution in [0.2, 0.25) is 0 Å². The summed E-state index contributed by atoms with van der Waals surface area (Å²) in [6.07, 6.45) is 7.43. The molecule has 0 aromatic carbocycles. The Morgan fingerprint density at radius 3 is 2.81 bits per heavy atom. The topological polar surface area (TPSA) is 88.2 Å². The number of piperidine rings is 1. The fourth-order valence-electron chi connectivity index (χ4n) is 2.35. The third-order valence-electron chi connectivity index (χ3n) is 3.38. The highest BCUT2D eigenvalue weighted by atomic mass is 32.2. The molecule has 7 nitrogen and oxygen atoms in total. The fourth-order valence-corrected chi connectivity index (χ4v) is 3.76. The first-order valence-corrected chi connectivity index (χ1v) is 8.15. The summed E-state index contributed by atoms with van der Waals surface area (Å²) in [5, 5.41) is 0.118. The van der Waals surface area contributed by atoms with E-state index in [-0.39, 0.29) is 11.1 Å². The number of hydrogen-bond donors (Lipinski definition) is 1. The summed E-state index contributed by atoms with van der Waals surface area (Å²) < 4.78 is 32.1. The molecule has 1 fully saturated rings. The Kier molecular flexibility index (Phi) is 3.89. The second kappa shape index (κ2) is 5.82. The summed E-state index contributed by atoms with van der Waals surface area (Å²) in [7, 11) is -3.52. The minimum Gasteiger partial charge on any atom is -0.489 e. The molecule has 1 N–H and O–H groups in total. The number of pyridine rings is 1. The van der Waals surface area contributed by atoms with Crippen molar-refractivity contribution in [2.24, 2.45) is 0 Å². The summed E-state index contributed by atoms with van der Waals surface area (Å²) in [5.74, 6) is 0.704. The molecule has 2 aromatic rings. The number of hydrogen-bond acceptors (Lipinski definition) is 5. The number of nitrogens with zero attached hydrogens (tertiary/aromatic N) is 3. The molecule has 0 aliphatic carbocycles. The number of ether oxygens (including phenoxy) is 1. The molecule has 0 radical (unpaired) electrons. The SMILES string of the molecule is O=S(=O)(c1cnc[nH]1)N1CCCC(Oc2ccncc2)C1. The summed E-state index contributed by atoms with van der Waals surface area (Å²) in [6, 6.07) is 3.53. The molecule has 1 atom stereocenters. The van der Waals surface area contributed by atoms with Gasteiger partial charge in [-0.1, -0.05) is 0 Å². The third-order valence-corrected chi connectivity index (χ3v) is 5.17. The van der Waals surface area contributed by atoms with Gasteiger partial charge in [-0.25, -0.2) is 13.4 Å². The van der Waals surface area contributed by atoms with Gasteiger partial charge in [0.05, 0.1) is 19.1 Å². The van der Waals surface area contributed by atoms with Gasteiger partial charge in [0.25, 0.3) is 10.0 Å². The van der Waals surface area contributed by atoms with Crippen molar-refractivity contribution in [3.8, 4) is 5.75 Å². The van der Waals surface area contributed by atoms with Gasteiger partial charge in [0.2, 0.25) is 0 Å². The lowest BCUT2D eigenvalue weighted by molar-refractivity contribution is 0.129. The van der Waals surface area contributed by atoms with Crippen molar-refractivity contribution in [1.29, 1.82) is 0 Å². The molecule has 1 saturated heterocycles. The Bertz CT molecular complexity index is 673. The average Bonchev–Trinajstić information content (AvgIpc) is 3.04. The van der Waals surface area contributed by atoms with E-state index in [4.69, 9.17) is 4.74 Å². The number of sulfonamides is 1. The number of aromatic nitrogens is 3. The molecule has 3 heterocycles. The Morgan fingerprint density at radius 2 is 2.10 bits per heavy atom. The van der Waals surface area contributed by atoms with E-state index in [1.165, 1.54) is 16.8 Å². The minimum absolute atomic E-state index is 0.118. The number of imidazole rings is 1. The number of aromatic amines is 1. The summed E-state index contributed by atoms with van der Waals surface area (Å²) in [4.78, 5) is 10.3. The predicted octanol–water partition coefficient (Wildman–Crippen LogP) is 1.04. The molecular formula is C13H16N4O3S. The van der Waals surface area contributed by atoms with Crippen molar-refractivity contribution < 1.29 is 13.2 Å². The molecule has 0 spiro atoms. The molecular weight excluding hydrogens is 292 g/mol. The highest BCUT2D eigenvalue weighted by molar-refractivity contribution is 7.89. The van der Waals surface area contributed by atoms with Crippen LogP contribution in [0.5, 0.6) is 5.75 Å². The maximum Gasteiger partial charge on any atom is 0.260 e. The van der Waals surface area contributed by atoms with Crippen molar-refractivity contribution in [2.75, 3.05) is 13.1 Å². The number of rotatable bonds is 4. The van der Waals surface area contributed by atoms with Gasteiger partial charge < -0.3 is 9.72 Å². The van der Waals surface area contributed by atoms with Gasteiger partial charge in [-0.15, -0.1) is 0 Å². The Hall–Kier alpha value is -1.93.